The Balaban J connectivity index is 1.97. The van der Waals surface area contributed by atoms with Crippen LogP contribution in [0, 0.1) is 13.8 Å². The Kier molecular flexibility index (Phi) is 10.7. The van der Waals surface area contributed by atoms with Gasteiger partial charge in [0.25, 0.3) is 0 Å². The molecule has 0 bridgehead atoms. The number of hydrogen-bond acceptors (Lipinski definition) is 4. The minimum Gasteiger partial charge on any atom is -0.352 e. The minimum absolute atomic E-state index is 0.0532. The van der Waals surface area contributed by atoms with Crippen LogP contribution in [0.15, 0.2) is 36.4 Å². The molecule has 0 aromatic heterocycles. The highest BCUT2D eigenvalue weighted by Crippen LogP contribution is 2.27. The Morgan fingerprint density at radius 2 is 1.67 bits per heavy atom. The van der Waals surface area contributed by atoms with E-state index in [1.54, 1.807) is 38.1 Å². The van der Waals surface area contributed by atoms with Crippen molar-refractivity contribution in [3.05, 3.63) is 63.1 Å². The van der Waals surface area contributed by atoms with Gasteiger partial charge in [0, 0.05) is 26.7 Å². The highest BCUT2D eigenvalue weighted by atomic mass is 35.5. The number of nitrogens with one attached hydrogen (secondary N) is 1. The molecule has 2 aromatic carbocycles. The third-order valence-electron chi connectivity index (χ3n) is 7.11. The molecule has 1 N–H and O–H groups in total. The van der Waals surface area contributed by atoms with Crippen LogP contribution in [0.25, 0.3) is 0 Å². The van der Waals surface area contributed by atoms with E-state index in [9.17, 15) is 18.0 Å². The zero-order valence-electron chi connectivity index (χ0n) is 23.2. The SMILES string of the molecule is Cc1ccc(C)c(N(CC(=O)N(Cc2ccc(Cl)c(Cl)c2)C(C)C(=O)NC2CCCCC2)S(=O)(=O)N(C)C)c1. The van der Waals surface area contributed by atoms with Crippen LogP contribution in [-0.2, 0) is 26.3 Å². The highest BCUT2D eigenvalue weighted by molar-refractivity contribution is 7.90. The molecule has 1 aliphatic carbocycles. The van der Waals surface area contributed by atoms with E-state index in [0.717, 1.165) is 46.3 Å². The fraction of sp³-hybridized carbons (Fsp3) is 0.500. The molecule has 0 saturated heterocycles. The molecular formula is C28H38Cl2N4O4S. The Morgan fingerprint density at radius 3 is 2.28 bits per heavy atom. The molecule has 1 aliphatic rings. The van der Waals surface area contributed by atoms with E-state index in [4.69, 9.17) is 23.2 Å². The number of rotatable bonds is 10. The van der Waals surface area contributed by atoms with Gasteiger partial charge in [-0.15, -0.1) is 0 Å². The molecule has 1 saturated carbocycles. The van der Waals surface area contributed by atoms with Gasteiger partial charge >= 0.3 is 10.2 Å². The van der Waals surface area contributed by atoms with Crippen LogP contribution in [-0.4, -0.2) is 62.2 Å². The number of amides is 2. The summed E-state index contributed by atoms with van der Waals surface area (Å²) in [6, 6.07) is 9.68. The first kappa shape index (κ1) is 31.2. The maximum absolute atomic E-state index is 13.9. The van der Waals surface area contributed by atoms with E-state index in [2.05, 4.69) is 5.32 Å². The molecule has 2 amide bonds. The first-order valence-corrected chi connectivity index (χ1v) is 15.3. The summed E-state index contributed by atoms with van der Waals surface area (Å²) in [7, 11) is -1.19. The Morgan fingerprint density at radius 1 is 1.00 bits per heavy atom. The van der Waals surface area contributed by atoms with Crippen molar-refractivity contribution < 1.29 is 18.0 Å². The number of carbonyl (C=O) groups excluding carboxylic acids is 2. The summed E-state index contributed by atoms with van der Waals surface area (Å²) >= 11 is 12.3. The van der Waals surface area contributed by atoms with Crippen LogP contribution in [0.5, 0.6) is 0 Å². The van der Waals surface area contributed by atoms with Crippen LogP contribution < -0.4 is 9.62 Å². The van der Waals surface area contributed by atoms with E-state index >= 15 is 0 Å². The van der Waals surface area contributed by atoms with Gasteiger partial charge in [-0.05, 0) is 68.5 Å². The average Bonchev–Trinajstić information content (AvgIpc) is 2.89. The van der Waals surface area contributed by atoms with E-state index < -0.39 is 28.7 Å². The molecule has 3 rings (SSSR count). The smallest absolute Gasteiger partial charge is 0.304 e. The second-order valence-corrected chi connectivity index (χ2v) is 13.3. The number of halogens is 2. The maximum Gasteiger partial charge on any atom is 0.304 e. The fourth-order valence-electron chi connectivity index (χ4n) is 4.68. The van der Waals surface area contributed by atoms with Crippen LogP contribution >= 0.6 is 23.2 Å². The van der Waals surface area contributed by atoms with Crippen LogP contribution in [0.3, 0.4) is 0 Å². The number of benzene rings is 2. The number of carbonyl (C=O) groups is 2. The molecule has 0 spiro atoms. The lowest BCUT2D eigenvalue weighted by Crippen LogP contribution is -2.53. The number of anilines is 1. The summed E-state index contributed by atoms with van der Waals surface area (Å²) < 4.78 is 29.0. The third kappa shape index (κ3) is 7.87. The van der Waals surface area contributed by atoms with Crippen molar-refractivity contribution in [1.82, 2.24) is 14.5 Å². The van der Waals surface area contributed by atoms with Gasteiger partial charge in [0.05, 0.1) is 15.7 Å². The van der Waals surface area contributed by atoms with E-state index in [-0.39, 0.29) is 18.5 Å². The number of hydrogen-bond donors (Lipinski definition) is 1. The van der Waals surface area contributed by atoms with Crippen molar-refractivity contribution in [3.8, 4) is 0 Å². The highest BCUT2D eigenvalue weighted by Gasteiger charge is 2.34. The summed E-state index contributed by atoms with van der Waals surface area (Å²) in [6.45, 7) is 4.89. The summed E-state index contributed by atoms with van der Waals surface area (Å²) in [5, 5.41) is 3.79. The monoisotopic (exact) mass is 596 g/mol. The van der Waals surface area contributed by atoms with Crippen molar-refractivity contribution in [2.75, 3.05) is 24.9 Å². The van der Waals surface area contributed by atoms with Gasteiger partial charge in [0.2, 0.25) is 11.8 Å². The Bertz CT molecular complexity index is 1300. The first-order chi connectivity index (χ1) is 18.3. The molecule has 1 atom stereocenters. The zero-order valence-corrected chi connectivity index (χ0v) is 25.5. The molecule has 0 radical (unpaired) electrons. The van der Waals surface area contributed by atoms with Crippen LogP contribution in [0.2, 0.25) is 10.0 Å². The normalized spacial score (nSPS) is 15.2. The maximum atomic E-state index is 13.9. The van der Waals surface area contributed by atoms with E-state index in [1.807, 2.05) is 19.1 Å². The predicted octanol–water partition coefficient (Wildman–Crippen LogP) is 5.09. The van der Waals surface area contributed by atoms with E-state index in [1.165, 1.54) is 19.0 Å². The van der Waals surface area contributed by atoms with Gasteiger partial charge in [-0.25, -0.2) is 4.31 Å². The minimum atomic E-state index is -4.03. The fourth-order valence-corrected chi connectivity index (χ4v) is 6.11. The quantitative estimate of drug-likeness (QED) is 0.413. The summed E-state index contributed by atoms with van der Waals surface area (Å²) in [5.74, 6) is -0.789. The van der Waals surface area contributed by atoms with Crippen LogP contribution in [0.1, 0.15) is 55.7 Å². The van der Waals surface area contributed by atoms with Crippen molar-refractivity contribution in [3.63, 3.8) is 0 Å². The van der Waals surface area contributed by atoms with Crippen molar-refractivity contribution in [2.45, 2.75) is 71.5 Å². The Hall–Kier alpha value is -2.33. The number of aryl methyl sites for hydroxylation is 2. The molecule has 214 valence electrons. The average molecular weight is 598 g/mol. The van der Waals surface area contributed by atoms with Gasteiger partial charge in [0.1, 0.15) is 12.6 Å². The molecule has 1 fully saturated rings. The lowest BCUT2D eigenvalue weighted by Gasteiger charge is -2.34. The van der Waals surface area contributed by atoms with E-state index in [0.29, 0.717) is 26.9 Å². The molecular weight excluding hydrogens is 559 g/mol. The van der Waals surface area contributed by atoms with Crippen LogP contribution in [0.4, 0.5) is 5.69 Å². The van der Waals surface area contributed by atoms with Crippen molar-refractivity contribution in [1.29, 1.82) is 0 Å². The lowest BCUT2D eigenvalue weighted by molar-refractivity contribution is -0.139. The molecule has 1 unspecified atom stereocenters. The second kappa shape index (κ2) is 13.4. The van der Waals surface area contributed by atoms with Crippen molar-refractivity contribution >= 4 is 50.9 Å². The summed E-state index contributed by atoms with van der Waals surface area (Å²) in [6.07, 6.45) is 5.07. The molecule has 2 aromatic rings. The van der Waals surface area contributed by atoms with Gasteiger partial charge in [-0.2, -0.15) is 12.7 Å². The third-order valence-corrected chi connectivity index (χ3v) is 9.65. The van der Waals surface area contributed by atoms with Gasteiger partial charge in [-0.1, -0.05) is 60.7 Å². The van der Waals surface area contributed by atoms with Gasteiger partial charge in [-0.3, -0.25) is 9.59 Å². The topological polar surface area (TPSA) is 90.0 Å². The van der Waals surface area contributed by atoms with Gasteiger partial charge in [0.15, 0.2) is 0 Å². The predicted molar refractivity (Wildman–Crippen MR) is 157 cm³/mol. The largest absolute Gasteiger partial charge is 0.352 e. The second-order valence-electron chi connectivity index (χ2n) is 10.4. The molecule has 0 aliphatic heterocycles. The zero-order chi connectivity index (χ0) is 28.9. The van der Waals surface area contributed by atoms with Gasteiger partial charge < -0.3 is 10.2 Å². The first-order valence-electron chi connectivity index (χ1n) is 13.1. The Labute approximate surface area is 242 Å². The molecule has 8 nitrogen and oxygen atoms in total. The lowest BCUT2D eigenvalue weighted by atomic mass is 9.95. The molecule has 0 heterocycles. The van der Waals surface area contributed by atoms with Crippen molar-refractivity contribution in [2.24, 2.45) is 0 Å². The standard InChI is InChI=1S/C28H38Cl2N4O4S/c1-19-11-12-20(2)26(15-19)34(39(37,38)32(4)5)18-27(35)33(17-22-13-14-24(29)25(30)16-22)21(3)28(36)31-23-9-7-6-8-10-23/h11-16,21,23H,6-10,17-18H2,1-5H3,(H,31,36). The molecule has 39 heavy (non-hydrogen) atoms. The summed E-state index contributed by atoms with van der Waals surface area (Å²) in [5.41, 5.74) is 2.64. The molecule has 11 heteroatoms. The summed E-state index contributed by atoms with van der Waals surface area (Å²) in [4.78, 5) is 28.7. The number of nitrogens with zero attached hydrogens (tertiary/aromatic N) is 3.